The van der Waals surface area contributed by atoms with Crippen LogP contribution in [-0.2, 0) is 14.2 Å². The van der Waals surface area contributed by atoms with E-state index in [1.807, 2.05) is 38.1 Å². The average molecular weight is 472 g/mol. The number of halogens is 1. The third kappa shape index (κ3) is 6.35. The summed E-state index contributed by atoms with van der Waals surface area (Å²) in [5.74, 6) is -0.477. The van der Waals surface area contributed by atoms with E-state index in [-0.39, 0.29) is 18.2 Å². The van der Waals surface area contributed by atoms with Crippen LogP contribution in [0, 0.1) is 5.92 Å². The number of esters is 1. The second-order valence-electron chi connectivity index (χ2n) is 7.41. The summed E-state index contributed by atoms with van der Waals surface area (Å²) in [6.07, 6.45) is 4.92. The van der Waals surface area contributed by atoms with E-state index in [9.17, 15) is 4.79 Å². The Labute approximate surface area is 170 Å². The van der Waals surface area contributed by atoms with Crippen LogP contribution in [0.3, 0.4) is 0 Å². The highest BCUT2D eigenvalue weighted by Gasteiger charge is 2.45. The van der Waals surface area contributed by atoms with Gasteiger partial charge in [-0.25, -0.2) is 4.79 Å². The van der Waals surface area contributed by atoms with Crippen LogP contribution < -0.4 is 0 Å². The van der Waals surface area contributed by atoms with Crippen molar-refractivity contribution in [3.05, 3.63) is 48.0 Å². The first-order chi connectivity index (χ1) is 12.3. The molecule has 0 aliphatic carbocycles. The van der Waals surface area contributed by atoms with E-state index in [1.165, 1.54) is 0 Å². The van der Waals surface area contributed by atoms with E-state index < -0.39 is 11.9 Å². The molecule has 1 aromatic carbocycles. The van der Waals surface area contributed by atoms with E-state index >= 15 is 0 Å². The molecular formula is C21H29IO4. The van der Waals surface area contributed by atoms with Gasteiger partial charge in [-0.1, -0.05) is 60.7 Å². The number of carbonyl (C=O) groups is 1. The first kappa shape index (κ1) is 21.4. The van der Waals surface area contributed by atoms with Gasteiger partial charge >= 0.3 is 5.97 Å². The van der Waals surface area contributed by atoms with E-state index in [2.05, 4.69) is 42.5 Å². The molecule has 0 spiro atoms. The zero-order valence-corrected chi connectivity index (χ0v) is 18.1. The first-order valence-corrected chi connectivity index (χ1v) is 10.7. The molecule has 0 aromatic heterocycles. The highest BCUT2D eigenvalue weighted by Crippen LogP contribution is 2.33. The van der Waals surface area contributed by atoms with Crippen molar-refractivity contribution in [1.29, 1.82) is 0 Å². The summed E-state index contributed by atoms with van der Waals surface area (Å²) in [5, 5.41) is 0. The monoisotopic (exact) mass is 472 g/mol. The quantitative estimate of drug-likeness (QED) is 0.227. The minimum atomic E-state index is -0.676. The Kier molecular flexibility index (Phi) is 8.10. The van der Waals surface area contributed by atoms with Gasteiger partial charge in [0.25, 0.3) is 0 Å². The second kappa shape index (κ2) is 9.85. The molecule has 1 aliphatic rings. The Morgan fingerprint density at radius 2 is 1.96 bits per heavy atom. The summed E-state index contributed by atoms with van der Waals surface area (Å²) in [6, 6.07) is 9.06. The lowest BCUT2D eigenvalue weighted by Crippen LogP contribution is -2.38. The van der Waals surface area contributed by atoms with Crippen molar-refractivity contribution in [3.63, 3.8) is 0 Å². The minimum Gasteiger partial charge on any atom is -0.452 e. The molecule has 1 heterocycles. The standard InChI is InChI=1S/C21H29IO4/c1-15(2)9-8-12-17(24-20(23)16-10-6-5-7-11-16)19-18(13-14-22)25-21(3,4)26-19/h5-8,10-12,15,17-19H,9,13-14H2,1-4H3/b12-8-/t17?,18-,19+/m0/s1. The second-order valence-corrected chi connectivity index (χ2v) is 8.49. The van der Waals surface area contributed by atoms with Gasteiger partial charge in [-0.05, 0) is 50.8 Å². The number of hydrogen-bond acceptors (Lipinski definition) is 4. The van der Waals surface area contributed by atoms with Crippen LogP contribution in [0.1, 0.15) is 50.9 Å². The lowest BCUT2D eigenvalue weighted by atomic mass is 10.0. The van der Waals surface area contributed by atoms with E-state index in [4.69, 9.17) is 14.2 Å². The molecule has 26 heavy (non-hydrogen) atoms. The van der Waals surface area contributed by atoms with Gasteiger partial charge in [0.1, 0.15) is 12.2 Å². The Morgan fingerprint density at radius 1 is 1.27 bits per heavy atom. The van der Waals surface area contributed by atoms with Crippen LogP contribution in [0.5, 0.6) is 0 Å². The lowest BCUT2D eigenvalue weighted by Gasteiger charge is -2.24. The van der Waals surface area contributed by atoms with Crippen LogP contribution in [0.25, 0.3) is 0 Å². The number of benzene rings is 1. The number of alkyl halides is 1. The third-order valence-electron chi connectivity index (χ3n) is 4.12. The summed E-state index contributed by atoms with van der Waals surface area (Å²) in [6.45, 7) is 8.13. The van der Waals surface area contributed by atoms with Gasteiger partial charge in [0, 0.05) is 4.43 Å². The number of rotatable bonds is 8. The van der Waals surface area contributed by atoms with Gasteiger partial charge in [-0.15, -0.1) is 0 Å². The molecule has 144 valence electrons. The van der Waals surface area contributed by atoms with Crippen molar-refractivity contribution in [2.75, 3.05) is 4.43 Å². The van der Waals surface area contributed by atoms with Gasteiger partial charge in [-0.2, -0.15) is 0 Å². The van der Waals surface area contributed by atoms with Crippen molar-refractivity contribution in [2.24, 2.45) is 5.92 Å². The maximum Gasteiger partial charge on any atom is 0.338 e. The van der Waals surface area contributed by atoms with Crippen molar-refractivity contribution >= 4 is 28.6 Å². The highest BCUT2D eigenvalue weighted by atomic mass is 127. The molecule has 4 nitrogen and oxygen atoms in total. The summed E-state index contributed by atoms with van der Waals surface area (Å²) in [5.41, 5.74) is 0.540. The molecule has 0 saturated carbocycles. The predicted molar refractivity (Wildman–Crippen MR) is 112 cm³/mol. The molecule has 2 rings (SSSR count). The first-order valence-electron chi connectivity index (χ1n) is 9.16. The fourth-order valence-electron chi connectivity index (χ4n) is 2.94. The highest BCUT2D eigenvalue weighted by molar-refractivity contribution is 14.1. The molecule has 1 aromatic rings. The maximum atomic E-state index is 12.6. The van der Waals surface area contributed by atoms with Gasteiger partial charge in [0.15, 0.2) is 5.79 Å². The Bertz CT molecular complexity index is 597. The maximum absolute atomic E-state index is 12.6. The van der Waals surface area contributed by atoms with E-state index in [0.717, 1.165) is 17.3 Å². The van der Waals surface area contributed by atoms with Crippen LogP contribution >= 0.6 is 22.6 Å². The third-order valence-corrected chi connectivity index (χ3v) is 4.75. The minimum absolute atomic E-state index is 0.0980. The molecule has 5 heteroatoms. The predicted octanol–water partition coefficient (Wildman–Crippen LogP) is 5.16. The molecule has 0 bridgehead atoms. The summed E-state index contributed by atoms with van der Waals surface area (Å²) >= 11 is 2.33. The molecule has 1 unspecified atom stereocenters. The molecule has 3 atom stereocenters. The van der Waals surface area contributed by atoms with Crippen LogP contribution in [0.15, 0.2) is 42.5 Å². The fraction of sp³-hybridized carbons (Fsp3) is 0.571. The smallest absolute Gasteiger partial charge is 0.338 e. The van der Waals surface area contributed by atoms with Crippen molar-refractivity contribution in [2.45, 2.75) is 64.6 Å². The fourth-order valence-corrected chi connectivity index (χ4v) is 3.55. The summed E-state index contributed by atoms with van der Waals surface area (Å²) in [4.78, 5) is 12.6. The topological polar surface area (TPSA) is 44.8 Å². The largest absolute Gasteiger partial charge is 0.452 e. The molecule has 0 radical (unpaired) electrons. The zero-order chi connectivity index (χ0) is 19.2. The van der Waals surface area contributed by atoms with Crippen LogP contribution in [0.4, 0.5) is 0 Å². The molecule has 1 fully saturated rings. The number of hydrogen-bond donors (Lipinski definition) is 0. The van der Waals surface area contributed by atoms with Crippen molar-refractivity contribution in [3.8, 4) is 0 Å². The van der Waals surface area contributed by atoms with Gasteiger partial charge in [-0.3, -0.25) is 0 Å². The van der Waals surface area contributed by atoms with E-state index in [1.54, 1.807) is 12.1 Å². The molecule has 1 saturated heterocycles. The van der Waals surface area contributed by atoms with E-state index in [0.29, 0.717) is 11.5 Å². The molecule has 1 aliphatic heterocycles. The number of allylic oxidation sites excluding steroid dienone is 1. The summed E-state index contributed by atoms with van der Waals surface area (Å²) in [7, 11) is 0. The molecule has 0 N–H and O–H groups in total. The lowest BCUT2D eigenvalue weighted by molar-refractivity contribution is -0.153. The molecular weight excluding hydrogens is 443 g/mol. The SMILES string of the molecule is CC(C)C/C=C\C(OC(=O)c1ccccc1)[C@H]1OC(C)(C)O[C@H]1CCI. The number of carbonyl (C=O) groups excluding carboxylic acids is 1. The Hall–Kier alpha value is -0.920. The average Bonchev–Trinajstić information content (AvgIpc) is 2.89. The van der Waals surface area contributed by atoms with Gasteiger partial charge in [0.05, 0.1) is 11.7 Å². The zero-order valence-electron chi connectivity index (χ0n) is 16.0. The normalized spacial score (nSPS) is 23.5. The Morgan fingerprint density at radius 3 is 2.58 bits per heavy atom. The van der Waals surface area contributed by atoms with Gasteiger partial charge in [0.2, 0.25) is 0 Å². The van der Waals surface area contributed by atoms with Crippen LogP contribution in [-0.4, -0.2) is 34.5 Å². The van der Waals surface area contributed by atoms with Crippen LogP contribution in [0.2, 0.25) is 0 Å². The summed E-state index contributed by atoms with van der Waals surface area (Å²) < 4.78 is 19.0. The van der Waals surface area contributed by atoms with Gasteiger partial charge < -0.3 is 14.2 Å². The molecule has 0 amide bonds. The Balaban J connectivity index is 2.19. The van der Waals surface area contributed by atoms with Crippen molar-refractivity contribution < 1.29 is 19.0 Å². The van der Waals surface area contributed by atoms with Crippen molar-refractivity contribution in [1.82, 2.24) is 0 Å². The number of ether oxygens (including phenoxy) is 3.